The van der Waals surface area contributed by atoms with Crippen LogP contribution < -0.4 is 0 Å². The largest absolute Gasteiger partial charge is 0.507 e. The molecule has 1 aliphatic heterocycles. The minimum atomic E-state index is -3.06. The monoisotopic (exact) mass is 445 g/mol. The molecule has 8 heteroatoms. The Morgan fingerprint density at radius 1 is 1.23 bits per heavy atom. The van der Waals surface area contributed by atoms with Crippen molar-refractivity contribution in [3.8, 4) is 5.75 Å². The van der Waals surface area contributed by atoms with Crippen LogP contribution in [-0.2, 0) is 27.7 Å². The number of phenols is 1. The van der Waals surface area contributed by atoms with Crippen LogP contribution in [0.25, 0.3) is 10.8 Å². The maximum atomic E-state index is 12.2. The number of hydrogen-bond acceptors (Lipinski definition) is 7. The number of carbonyl (C=O) groups excluding carboxylic acids is 1. The number of rotatable bonds is 6. The second-order valence-corrected chi connectivity index (χ2v) is 10.8. The van der Waals surface area contributed by atoms with Crippen LogP contribution in [-0.4, -0.2) is 49.1 Å². The van der Waals surface area contributed by atoms with Gasteiger partial charge in [0.1, 0.15) is 11.3 Å². The minimum Gasteiger partial charge on any atom is -0.507 e. The number of nitrogens with zero attached hydrogens (tertiary/aromatic N) is 1. The van der Waals surface area contributed by atoms with Gasteiger partial charge in [0, 0.05) is 29.6 Å². The minimum absolute atomic E-state index is 0.105. The summed E-state index contributed by atoms with van der Waals surface area (Å²) in [6, 6.07) is 13.0. The summed E-state index contributed by atoms with van der Waals surface area (Å²) in [5.41, 5.74) is 0.718. The van der Waals surface area contributed by atoms with E-state index in [0.29, 0.717) is 25.1 Å². The Kier molecular flexibility index (Phi) is 5.81. The average molecular weight is 446 g/mol. The third kappa shape index (κ3) is 4.21. The van der Waals surface area contributed by atoms with Crippen molar-refractivity contribution in [2.45, 2.75) is 25.6 Å². The van der Waals surface area contributed by atoms with Crippen molar-refractivity contribution in [1.82, 2.24) is 4.90 Å². The predicted molar refractivity (Wildman–Crippen MR) is 118 cm³/mol. The highest BCUT2D eigenvalue weighted by atomic mass is 32.2. The highest BCUT2D eigenvalue weighted by Gasteiger charge is 2.33. The second-order valence-electron chi connectivity index (χ2n) is 7.51. The third-order valence-electron chi connectivity index (χ3n) is 5.56. The fourth-order valence-corrected chi connectivity index (χ4v) is 6.51. The van der Waals surface area contributed by atoms with E-state index < -0.39 is 15.8 Å². The summed E-state index contributed by atoms with van der Waals surface area (Å²) in [6.45, 7) is 0.906. The van der Waals surface area contributed by atoms with Crippen LogP contribution in [0.5, 0.6) is 5.75 Å². The maximum Gasteiger partial charge on any atom is 0.341 e. The highest BCUT2D eigenvalue weighted by Crippen LogP contribution is 2.34. The fraction of sp³-hybridized carbons (Fsp3) is 0.318. The molecule has 1 fully saturated rings. The standard InChI is InChI=1S/C22H23NO5S2/c1-28-22(25)19-11-15-5-2-3-7-18(15)20(21(19)24)13-23(12-17-6-4-9-29-17)16-8-10-30(26,27)14-16/h2-7,9,11,16,24H,8,10,12-14H2,1H3/t16-/m1/s1. The lowest BCUT2D eigenvalue weighted by atomic mass is 9.98. The summed E-state index contributed by atoms with van der Waals surface area (Å²) < 4.78 is 29.1. The molecule has 1 aliphatic rings. The molecule has 1 atom stereocenters. The molecular weight excluding hydrogens is 422 g/mol. The number of benzene rings is 2. The number of aromatic hydroxyl groups is 1. The van der Waals surface area contributed by atoms with Crippen LogP contribution in [0.3, 0.4) is 0 Å². The third-order valence-corrected chi connectivity index (χ3v) is 8.17. The van der Waals surface area contributed by atoms with Gasteiger partial charge in [0.25, 0.3) is 0 Å². The van der Waals surface area contributed by atoms with Crippen molar-refractivity contribution in [3.63, 3.8) is 0 Å². The van der Waals surface area contributed by atoms with Crippen LogP contribution in [0.1, 0.15) is 27.2 Å². The van der Waals surface area contributed by atoms with Gasteiger partial charge in [-0.2, -0.15) is 0 Å². The molecule has 1 N–H and O–H groups in total. The molecule has 0 unspecified atom stereocenters. The number of ether oxygens (including phenoxy) is 1. The van der Waals surface area contributed by atoms with Crippen molar-refractivity contribution in [2.24, 2.45) is 0 Å². The first-order valence-corrected chi connectivity index (χ1v) is 12.4. The molecule has 3 aromatic rings. The molecule has 0 radical (unpaired) electrons. The van der Waals surface area contributed by atoms with E-state index in [1.807, 2.05) is 41.8 Å². The summed E-state index contributed by atoms with van der Waals surface area (Å²) in [5, 5.41) is 14.6. The number of fused-ring (bicyclic) bond motifs is 1. The van der Waals surface area contributed by atoms with Gasteiger partial charge in [-0.25, -0.2) is 13.2 Å². The summed E-state index contributed by atoms with van der Waals surface area (Å²) in [5.74, 6) is -0.438. The zero-order valence-corrected chi connectivity index (χ0v) is 18.2. The highest BCUT2D eigenvalue weighted by molar-refractivity contribution is 7.91. The topological polar surface area (TPSA) is 83.9 Å². The Bertz CT molecular complexity index is 1170. The van der Waals surface area contributed by atoms with Crippen LogP contribution >= 0.6 is 11.3 Å². The molecule has 0 saturated carbocycles. The van der Waals surface area contributed by atoms with Crippen LogP contribution in [0, 0.1) is 0 Å². The van der Waals surface area contributed by atoms with E-state index in [9.17, 15) is 18.3 Å². The molecule has 2 heterocycles. The van der Waals surface area contributed by atoms with Gasteiger partial charge in [-0.05, 0) is 34.7 Å². The van der Waals surface area contributed by atoms with E-state index in [1.165, 1.54) is 7.11 Å². The summed E-state index contributed by atoms with van der Waals surface area (Å²) in [7, 11) is -1.78. The van der Waals surface area contributed by atoms with E-state index in [2.05, 4.69) is 4.90 Å². The number of carbonyl (C=O) groups is 1. The van der Waals surface area contributed by atoms with E-state index >= 15 is 0 Å². The number of esters is 1. The molecule has 158 valence electrons. The van der Waals surface area contributed by atoms with E-state index in [-0.39, 0.29) is 28.9 Å². The van der Waals surface area contributed by atoms with Gasteiger partial charge >= 0.3 is 5.97 Å². The van der Waals surface area contributed by atoms with Gasteiger partial charge in [-0.3, -0.25) is 4.90 Å². The normalized spacial score (nSPS) is 18.1. The van der Waals surface area contributed by atoms with Crippen molar-refractivity contribution >= 4 is 37.9 Å². The van der Waals surface area contributed by atoms with Gasteiger partial charge in [-0.1, -0.05) is 30.3 Å². The van der Waals surface area contributed by atoms with Crippen molar-refractivity contribution in [2.75, 3.05) is 18.6 Å². The number of hydrogen-bond donors (Lipinski definition) is 1. The molecule has 1 saturated heterocycles. The number of sulfone groups is 1. The lowest BCUT2D eigenvalue weighted by Gasteiger charge is -2.29. The maximum absolute atomic E-state index is 12.2. The molecule has 0 spiro atoms. The quantitative estimate of drug-likeness (QED) is 0.584. The van der Waals surface area contributed by atoms with Crippen LogP contribution in [0.2, 0.25) is 0 Å². The van der Waals surface area contributed by atoms with E-state index in [0.717, 1.165) is 15.6 Å². The molecule has 30 heavy (non-hydrogen) atoms. The first-order valence-electron chi connectivity index (χ1n) is 9.66. The molecule has 0 bridgehead atoms. The molecule has 0 amide bonds. The summed E-state index contributed by atoms with van der Waals surface area (Å²) in [4.78, 5) is 15.5. The van der Waals surface area contributed by atoms with Gasteiger partial charge in [0.05, 0.1) is 18.6 Å². The summed E-state index contributed by atoms with van der Waals surface area (Å²) >= 11 is 1.61. The molecule has 0 aliphatic carbocycles. The van der Waals surface area contributed by atoms with Gasteiger partial charge in [0.15, 0.2) is 9.84 Å². The Balaban J connectivity index is 1.78. The van der Waals surface area contributed by atoms with Gasteiger partial charge in [0.2, 0.25) is 0 Å². The fourth-order valence-electron chi connectivity index (χ4n) is 4.02. The summed E-state index contributed by atoms with van der Waals surface area (Å²) in [6.07, 6.45) is 0.559. The SMILES string of the molecule is COC(=O)c1cc2ccccc2c(CN(Cc2cccs2)[C@@H]2CCS(=O)(=O)C2)c1O. The number of methoxy groups -OCH3 is 1. The van der Waals surface area contributed by atoms with Gasteiger partial charge in [-0.15, -0.1) is 11.3 Å². The zero-order chi connectivity index (χ0) is 21.3. The number of phenolic OH excluding ortho intramolecular Hbond substituents is 1. The van der Waals surface area contributed by atoms with Crippen molar-refractivity contribution < 1.29 is 23.1 Å². The average Bonchev–Trinajstić information content (AvgIpc) is 3.37. The van der Waals surface area contributed by atoms with Crippen LogP contribution in [0.15, 0.2) is 47.8 Å². The molecule has 2 aromatic carbocycles. The molecule has 6 nitrogen and oxygen atoms in total. The Labute approximate surface area is 179 Å². The lowest BCUT2D eigenvalue weighted by Crippen LogP contribution is -2.35. The smallest absolute Gasteiger partial charge is 0.341 e. The predicted octanol–water partition coefficient (Wildman–Crippen LogP) is 3.58. The van der Waals surface area contributed by atoms with Crippen molar-refractivity contribution in [1.29, 1.82) is 0 Å². The number of thiophene rings is 1. The second kappa shape index (κ2) is 8.37. The van der Waals surface area contributed by atoms with Crippen molar-refractivity contribution in [3.05, 3.63) is 63.8 Å². The van der Waals surface area contributed by atoms with E-state index in [4.69, 9.17) is 4.74 Å². The first-order chi connectivity index (χ1) is 14.4. The first kappa shape index (κ1) is 20.8. The molecular formula is C22H23NO5S2. The molecule has 1 aromatic heterocycles. The Morgan fingerprint density at radius 3 is 2.70 bits per heavy atom. The van der Waals surface area contributed by atoms with E-state index in [1.54, 1.807) is 17.4 Å². The lowest BCUT2D eigenvalue weighted by molar-refractivity contribution is 0.0597. The zero-order valence-electron chi connectivity index (χ0n) is 16.6. The Morgan fingerprint density at radius 2 is 2.03 bits per heavy atom. The Hall–Kier alpha value is -2.42. The van der Waals surface area contributed by atoms with Crippen LogP contribution in [0.4, 0.5) is 0 Å². The molecule has 4 rings (SSSR count). The van der Waals surface area contributed by atoms with Gasteiger partial charge < -0.3 is 9.84 Å².